The van der Waals surface area contributed by atoms with Crippen LogP contribution in [-0.4, -0.2) is 54.7 Å². The van der Waals surface area contributed by atoms with E-state index in [0.29, 0.717) is 12.2 Å². The van der Waals surface area contributed by atoms with Gasteiger partial charge in [0.25, 0.3) is 5.91 Å². The number of hydrogen-bond acceptors (Lipinski definition) is 6. The van der Waals surface area contributed by atoms with Crippen LogP contribution in [0.3, 0.4) is 0 Å². The van der Waals surface area contributed by atoms with E-state index in [-0.39, 0.29) is 18.1 Å². The summed E-state index contributed by atoms with van der Waals surface area (Å²) in [4.78, 5) is 18.5. The molecule has 0 saturated carbocycles. The van der Waals surface area contributed by atoms with Crippen LogP contribution in [-0.2, 0) is 4.74 Å². The molecule has 2 atom stereocenters. The molecular formula is C13H22N4O2S. The molecule has 1 amide bonds. The molecule has 0 spiro atoms. The topological polar surface area (TPSA) is 80.5 Å². The minimum atomic E-state index is -0.162. The van der Waals surface area contributed by atoms with Gasteiger partial charge in [0.2, 0.25) is 0 Å². The number of ether oxygens (including phenoxy) is 1. The average Bonchev–Trinajstić information content (AvgIpc) is 2.95. The van der Waals surface area contributed by atoms with Gasteiger partial charge >= 0.3 is 0 Å². The van der Waals surface area contributed by atoms with E-state index in [9.17, 15) is 4.79 Å². The lowest BCUT2D eigenvalue weighted by Gasteiger charge is -2.32. The maximum absolute atomic E-state index is 12.0. The predicted octanol–water partition coefficient (Wildman–Crippen LogP) is 0.613. The third-order valence-corrected chi connectivity index (χ3v) is 4.35. The van der Waals surface area contributed by atoms with E-state index in [1.165, 1.54) is 11.3 Å². The van der Waals surface area contributed by atoms with Crippen LogP contribution in [0.15, 0.2) is 5.38 Å². The highest BCUT2D eigenvalue weighted by atomic mass is 32.1. The van der Waals surface area contributed by atoms with Crippen molar-refractivity contribution in [2.45, 2.75) is 26.0 Å². The number of rotatable bonds is 5. The average molecular weight is 298 g/mol. The van der Waals surface area contributed by atoms with Crippen molar-refractivity contribution < 1.29 is 9.53 Å². The highest BCUT2D eigenvalue weighted by Crippen LogP contribution is 2.15. The molecule has 3 N–H and O–H groups in total. The lowest BCUT2D eigenvalue weighted by atomic mass is 10.2. The Kier molecular flexibility index (Phi) is 5.47. The van der Waals surface area contributed by atoms with E-state index in [2.05, 4.69) is 22.1 Å². The van der Waals surface area contributed by atoms with Gasteiger partial charge in [-0.15, -0.1) is 11.3 Å². The molecule has 0 aliphatic carbocycles. The molecule has 0 aromatic carbocycles. The molecule has 2 rings (SSSR count). The molecule has 1 saturated heterocycles. The molecule has 112 valence electrons. The van der Waals surface area contributed by atoms with Gasteiger partial charge in [0.1, 0.15) is 10.7 Å². The van der Waals surface area contributed by atoms with Gasteiger partial charge in [0.15, 0.2) is 0 Å². The number of hydrogen-bond donors (Lipinski definition) is 2. The van der Waals surface area contributed by atoms with Crippen molar-refractivity contribution in [2.24, 2.45) is 5.73 Å². The van der Waals surface area contributed by atoms with Gasteiger partial charge in [-0.3, -0.25) is 9.69 Å². The Balaban J connectivity index is 1.82. The molecule has 0 radical (unpaired) electrons. The number of carbonyl (C=O) groups excluding carboxylic acids is 1. The minimum Gasteiger partial charge on any atom is -0.374 e. The zero-order valence-corrected chi connectivity index (χ0v) is 12.8. The summed E-state index contributed by atoms with van der Waals surface area (Å²) in [6.45, 7) is 8.06. The number of nitrogens with zero attached hydrogens (tertiary/aromatic N) is 2. The highest BCUT2D eigenvalue weighted by molar-refractivity contribution is 7.09. The van der Waals surface area contributed by atoms with Gasteiger partial charge in [-0.1, -0.05) is 6.92 Å². The monoisotopic (exact) mass is 298 g/mol. The third kappa shape index (κ3) is 3.99. The van der Waals surface area contributed by atoms with Crippen LogP contribution >= 0.6 is 11.3 Å². The normalized spacial score (nSPS) is 21.6. The Morgan fingerprint density at radius 3 is 3.20 bits per heavy atom. The fourth-order valence-corrected chi connectivity index (χ4v) is 2.85. The molecule has 2 heterocycles. The summed E-state index contributed by atoms with van der Waals surface area (Å²) in [7, 11) is 0. The maximum atomic E-state index is 12.0. The fraction of sp³-hybridized carbons (Fsp3) is 0.692. The van der Waals surface area contributed by atoms with Crippen molar-refractivity contribution in [2.75, 3.05) is 32.8 Å². The second kappa shape index (κ2) is 7.12. The van der Waals surface area contributed by atoms with E-state index < -0.39 is 0 Å². The van der Waals surface area contributed by atoms with Crippen molar-refractivity contribution in [3.05, 3.63) is 16.1 Å². The number of carbonyl (C=O) groups is 1. The molecular weight excluding hydrogens is 276 g/mol. The first-order chi connectivity index (χ1) is 9.60. The fourth-order valence-electron chi connectivity index (χ4n) is 2.09. The van der Waals surface area contributed by atoms with Crippen LogP contribution in [0.2, 0.25) is 0 Å². The number of aromatic nitrogens is 1. The largest absolute Gasteiger partial charge is 0.374 e. The summed E-state index contributed by atoms with van der Waals surface area (Å²) in [5, 5.41) is 5.40. The third-order valence-electron chi connectivity index (χ3n) is 3.30. The van der Waals surface area contributed by atoms with Gasteiger partial charge in [-0.2, -0.15) is 0 Å². The first kappa shape index (κ1) is 15.4. The highest BCUT2D eigenvalue weighted by Gasteiger charge is 2.20. The first-order valence-electron chi connectivity index (χ1n) is 6.93. The smallest absolute Gasteiger partial charge is 0.270 e. The number of thiazole rings is 1. The summed E-state index contributed by atoms with van der Waals surface area (Å²) >= 11 is 1.42. The predicted molar refractivity (Wildman–Crippen MR) is 78.9 cm³/mol. The van der Waals surface area contributed by atoms with E-state index in [0.717, 1.165) is 31.2 Å². The molecule has 2 unspecified atom stereocenters. The Morgan fingerprint density at radius 1 is 1.75 bits per heavy atom. The zero-order valence-electron chi connectivity index (χ0n) is 12.0. The number of morpholine rings is 1. The van der Waals surface area contributed by atoms with Crippen molar-refractivity contribution in [3.8, 4) is 0 Å². The molecule has 1 aliphatic rings. The molecule has 6 nitrogen and oxygen atoms in total. The summed E-state index contributed by atoms with van der Waals surface area (Å²) in [6, 6.07) is -0.138. The van der Waals surface area contributed by atoms with Gasteiger partial charge in [0, 0.05) is 25.0 Å². The van der Waals surface area contributed by atoms with E-state index in [1.54, 1.807) is 5.38 Å². The zero-order chi connectivity index (χ0) is 14.5. The molecule has 1 aliphatic heterocycles. The van der Waals surface area contributed by atoms with Gasteiger partial charge in [-0.05, 0) is 13.5 Å². The summed E-state index contributed by atoms with van der Waals surface area (Å²) in [6.07, 6.45) is 0.0548. The lowest BCUT2D eigenvalue weighted by molar-refractivity contribution is -0.0246. The minimum absolute atomic E-state index is 0.0548. The van der Waals surface area contributed by atoms with Crippen LogP contribution in [0.25, 0.3) is 0 Å². The number of amides is 1. The van der Waals surface area contributed by atoms with Crippen LogP contribution in [0, 0.1) is 0 Å². The van der Waals surface area contributed by atoms with E-state index in [4.69, 9.17) is 10.5 Å². The quantitative estimate of drug-likeness (QED) is 0.832. The summed E-state index contributed by atoms with van der Waals surface area (Å²) in [5.41, 5.74) is 6.17. The van der Waals surface area contributed by atoms with Crippen LogP contribution in [0.4, 0.5) is 0 Å². The van der Waals surface area contributed by atoms with Crippen molar-refractivity contribution in [1.82, 2.24) is 15.2 Å². The van der Waals surface area contributed by atoms with Gasteiger partial charge in [0.05, 0.1) is 18.8 Å². The van der Waals surface area contributed by atoms with Crippen molar-refractivity contribution in [3.63, 3.8) is 0 Å². The van der Waals surface area contributed by atoms with E-state index >= 15 is 0 Å². The second-order valence-corrected chi connectivity index (χ2v) is 5.85. The Morgan fingerprint density at radius 2 is 2.55 bits per heavy atom. The standard InChI is InChI=1S/C13H22N4O2S/c1-3-17-4-5-19-10(7-17)6-15-12(18)11-8-20-13(16-11)9(2)14/h8-10H,3-7,14H2,1-2H3,(H,15,18). The molecule has 20 heavy (non-hydrogen) atoms. The summed E-state index contributed by atoms with van der Waals surface area (Å²) < 4.78 is 5.65. The van der Waals surface area contributed by atoms with Crippen molar-refractivity contribution in [1.29, 1.82) is 0 Å². The Bertz CT molecular complexity index is 449. The van der Waals surface area contributed by atoms with Crippen LogP contribution < -0.4 is 11.1 Å². The van der Waals surface area contributed by atoms with Crippen LogP contribution in [0.5, 0.6) is 0 Å². The molecule has 1 aromatic rings. The SMILES string of the molecule is CCN1CCOC(CNC(=O)c2csc(C(C)N)n2)C1. The number of nitrogens with two attached hydrogens (primary N) is 1. The van der Waals surface area contributed by atoms with Gasteiger partial charge < -0.3 is 15.8 Å². The maximum Gasteiger partial charge on any atom is 0.270 e. The second-order valence-electron chi connectivity index (χ2n) is 4.96. The van der Waals surface area contributed by atoms with Crippen LogP contribution in [0.1, 0.15) is 35.4 Å². The van der Waals surface area contributed by atoms with Gasteiger partial charge in [-0.25, -0.2) is 4.98 Å². The number of likely N-dealkylation sites (N-methyl/N-ethyl adjacent to an activating group) is 1. The number of nitrogens with one attached hydrogen (secondary N) is 1. The van der Waals surface area contributed by atoms with Crippen molar-refractivity contribution >= 4 is 17.2 Å². The Labute approximate surface area is 123 Å². The Hall–Kier alpha value is -1.02. The molecule has 1 fully saturated rings. The lowest BCUT2D eigenvalue weighted by Crippen LogP contribution is -2.47. The first-order valence-corrected chi connectivity index (χ1v) is 7.81. The summed E-state index contributed by atoms with van der Waals surface area (Å²) in [5.74, 6) is -0.162. The molecule has 7 heteroatoms. The van der Waals surface area contributed by atoms with E-state index in [1.807, 2.05) is 6.92 Å². The molecule has 1 aromatic heterocycles. The molecule has 0 bridgehead atoms.